The van der Waals surface area contributed by atoms with Gasteiger partial charge in [-0.1, -0.05) is 217 Å². The Morgan fingerprint density at radius 2 is 0.788 bits per heavy atom. The van der Waals surface area contributed by atoms with Crippen molar-refractivity contribution in [1.82, 2.24) is 0 Å². The molecule has 5 heteroatoms. The zero-order chi connectivity index (χ0) is 43.4. The Bertz CT molecular complexity index is 2460. The van der Waals surface area contributed by atoms with Crippen LogP contribution in [-0.2, 0) is 40.7 Å². The van der Waals surface area contributed by atoms with Crippen molar-refractivity contribution in [3.8, 4) is 11.1 Å². The zero-order valence-electron chi connectivity index (χ0n) is 37.3. The molecular formula is C61H54Cl2Si2Zr-2. The minimum atomic E-state index is -0.983. The van der Waals surface area contributed by atoms with Crippen molar-refractivity contribution < 1.29 is 49.0 Å². The van der Waals surface area contributed by atoms with Gasteiger partial charge in [0.15, 0.2) is 0 Å². The average Bonchev–Trinajstić information content (AvgIpc) is 4.19. The van der Waals surface area contributed by atoms with Crippen LogP contribution in [0.1, 0.15) is 70.2 Å². The third-order valence-corrected chi connectivity index (χ3v) is 19.6. The van der Waals surface area contributed by atoms with Crippen molar-refractivity contribution in [3.05, 3.63) is 293 Å². The molecule has 0 N–H and O–H groups in total. The molecule has 0 atom stereocenters. The van der Waals surface area contributed by atoms with Gasteiger partial charge in [-0.25, -0.2) is 12.1 Å². The smallest absolute Gasteiger partial charge is 0.0772 e. The fraction of sp³-hybridized carbons (Fsp3) is 0.115. The molecule has 2 aliphatic rings. The van der Waals surface area contributed by atoms with E-state index in [4.69, 9.17) is 0 Å². The first-order valence-electron chi connectivity index (χ1n) is 22.9. The summed E-state index contributed by atoms with van der Waals surface area (Å²) in [7, 11) is -1.95. The number of hydrogen-bond donors (Lipinski definition) is 0. The normalized spacial score (nSPS) is 12.8. The van der Waals surface area contributed by atoms with Crippen molar-refractivity contribution >= 4 is 32.6 Å². The summed E-state index contributed by atoms with van der Waals surface area (Å²) in [5, 5.41) is 2.48. The minimum Gasteiger partial charge on any atom is -0.214 e. The van der Waals surface area contributed by atoms with E-state index in [1.54, 1.807) is 27.4 Å². The summed E-state index contributed by atoms with van der Waals surface area (Å²) >= 11 is 1.68. The van der Waals surface area contributed by atoms with Gasteiger partial charge in [0.05, 0.1) is 9.52 Å². The summed E-state index contributed by atoms with van der Waals surface area (Å²) in [4.78, 5) is 0. The van der Waals surface area contributed by atoms with E-state index >= 15 is 0 Å². The van der Waals surface area contributed by atoms with E-state index in [1.807, 2.05) is 30.3 Å². The Morgan fingerprint density at radius 3 is 1.12 bits per heavy atom. The Labute approximate surface area is 424 Å². The van der Waals surface area contributed by atoms with Crippen molar-refractivity contribution in [1.29, 1.82) is 0 Å². The van der Waals surface area contributed by atoms with Gasteiger partial charge in [0.25, 0.3) is 0 Å². The van der Waals surface area contributed by atoms with E-state index in [2.05, 4.69) is 218 Å². The number of hydrogen-bond acceptors (Lipinski definition) is 0. The molecule has 0 heterocycles. The van der Waals surface area contributed by atoms with Crippen LogP contribution in [-0.4, -0.2) is 22.2 Å². The second kappa shape index (κ2) is 23.6. The topological polar surface area (TPSA) is 0 Å². The summed E-state index contributed by atoms with van der Waals surface area (Å²) in [5.41, 5.74) is 13.7. The summed E-state index contributed by atoms with van der Waals surface area (Å²) in [6.45, 7) is 0. The number of fused-ring (bicyclic) bond motifs is 3. The molecule has 0 nitrogen and oxygen atoms in total. The minimum absolute atomic E-state index is 0. The van der Waals surface area contributed by atoms with Gasteiger partial charge in [-0.15, -0.1) is 5.56 Å². The maximum atomic E-state index is 3.83. The third kappa shape index (κ3) is 10.8. The van der Waals surface area contributed by atoms with E-state index in [0.717, 1.165) is 6.42 Å². The molecule has 326 valence electrons. The first kappa shape index (κ1) is 48.8. The molecule has 9 aromatic carbocycles. The van der Waals surface area contributed by atoms with Gasteiger partial charge in [-0.05, 0) is 39.8 Å². The van der Waals surface area contributed by atoms with Crippen molar-refractivity contribution in [2.24, 2.45) is 0 Å². The van der Waals surface area contributed by atoms with E-state index in [-0.39, 0.29) is 34.9 Å². The first-order valence-corrected chi connectivity index (χ1v) is 26.9. The summed E-state index contributed by atoms with van der Waals surface area (Å²) < 4.78 is 1.79. The maximum absolute atomic E-state index is 3.83. The van der Waals surface area contributed by atoms with Gasteiger partial charge in [0, 0.05) is 19.6 Å². The summed E-state index contributed by atoms with van der Waals surface area (Å²) in [5.74, 6) is 0. The van der Waals surface area contributed by atoms with Gasteiger partial charge < -0.3 is 24.8 Å². The van der Waals surface area contributed by atoms with E-state index < -0.39 is 19.0 Å². The van der Waals surface area contributed by atoms with Crippen LogP contribution < -0.4 is 35.2 Å². The first-order chi connectivity index (χ1) is 31.6. The molecule has 0 amide bonds. The third-order valence-electron chi connectivity index (χ3n) is 13.2. The molecule has 0 saturated heterocycles. The molecule has 11 rings (SSSR count). The number of benzene rings is 8. The molecule has 0 unspecified atom stereocenters. The van der Waals surface area contributed by atoms with Crippen LogP contribution >= 0.6 is 0 Å². The van der Waals surface area contributed by atoms with Crippen molar-refractivity contribution in [2.45, 2.75) is 42.2 Å². The second-order valence-electron chi connectivity index (χ2n) is 17.2. The van der Waals surface area contributed by atoms with E-state index in [9.17, 15) is 0 Å². The molecule has 1 saturated carbocycles. The van der Waals surface area contributed by atoms with Crippen LogP contribution in [0.5, 0.6) is 0 Å². The van der Waals surface area contributed by atoms with Gasteiger partial charge in [-0.2, -0.15) is 47.1 Å². The molecule has 9 aromatic rings. The largest absolute Gasteiger partial charge is 0.214 e. The van der Waals surface area contributed by atoms with Crippen LogP contribution in [0, 0.1) is 6.07 Å². The number of halogens is 2. The molecule has 0 aliphatic heterocycles. The SMILES string of the molecule is [Cl-].[Cl-].[Zr+2]=[C]1CCCC1.[c-]1cc([SiH2]C(c2ccccc2)(c2ccccc2)c2ccccc2)cc2c1Cc1ccc([SiH2]C(c3ccccc3)(c3ccccc3)c3ccccc3)cc1-2.c1cc[cH-]c1. The van der Waals surface area contributed by atoms with Gasteiger partial charge in [0.2, 0.25) is 0 Å². The fourth-order valence-corrected chi connectivity index (χ4v) is 15.9. The van der Waals surface area contributed by atoms with Gasteiger partial charge in [0.1, 0.15) is 0 Å². The van der Waals surface area contributed by atoms with Gasteiger partial charge in [-0.3, -0.25) is 0 Å². The number of rotatable bonds is 10. The summed E-state index contributed by atoms with van der Waals surface area (Å²) in [6.07, 6.45) is 6.77. The molecule has 2 aliphatic carbocycles. The Balaban J connectivity index is 0.000000439. The molecule has 0 spiro atoms. The molecule has 0 radical (unpaired) electrons. The molecule has 66 heavy (non-hydrogen) atoms. The maximum Gasteiger partial charge on any atom is 0.0772 e. The monoisotopic (exact) mass is 1000 g/mol. The van der Waals surface area contributed by atoms with Crippen LogP contribution in [0.4, 0.5) is 0 Å². The standard InChI is InChI=1S/C51H41Si2.C5H8.C5H5.2ClH.Zr/c1-7-19-40(20-8-1)50(41-21-9-2-10-22-41,42-23-11-3-12-24-42)52-46-33-31-38-35-39-32-34-47(37-49(39)48(38)36-46)53-51(43-25-13-4-14-26-43,44-27-15-5-16-28-44)45-29-17-6-18-30-45;2*1-2-4-5-3-1;;;/h1-31,33-34,36-37H,35,52-53H2;1-4H2;1-5H;2*1H;/q-1;;-1;;;+2/p-2. The Kier molecular flexibility index (Phi) is 17.4. The molecule has 0 bridgehead atoms. The molecular weight excluding hydrogens is 951 g/mol. The van der Waals surface area contributed by atoms with Crippen LogP contribution in [0.3, 0.4) is 0 Å². The van der Waals surface area contributed by atoms with Crippen LogP contribution in [0.15, 0.2) is 243 Å². The van der Waals surface area contributed by atoms with Gasteiger partial charge >= 0.3 is 53.1 Å². The van der Waals surface area contributed by atoms with Crippen molar-refractivity contribution in [3.63, 3.8) is 0 Å². The Morgan fingerprint density at radius 1 is 0.424 bits per heavy atom. The van der Waals surface area contributed by atoms with Crippen LogP contribution in [0.2, 0.25) is 0 Å². The van der Waals surface area contributed by atoms with Crippen molar-refractivity contribution in [2.75, 3.05) is 0 Å². The predicted molar refractivity (Wildman–Crippen MR) is 274 cm³/mol. The molecule has 1 fully saturated rings. The summed E-state index contributed by atoms with van der Waals surface area (Å²) in [6, 6.07) is 93.2. The van der Waals surface area contributed by atoms with E-state index in [1.165, 1.54) is 91.7 Å². The average molecular weight is 1010 g/mol. The quantitative estimate of drug-likeness (QED) is 0.0990. The van der Waals surface area contributed by atoms with Crippen LogP contribution in [0.25, 0.3) is 11.1 Å². The molecule has 0 aromatic heterocycles. The fourth-order valence-electron chi connectivity index (χ4n) is 10.1. The predicted octanol–water partition coefficient (Wildman–Crippen LogP) is 5.32. The van der Waals surface area contributed by atoms with E-state index in [0.29, 0.717) is 0 Å². The second-order valence-corrected chi connectivity index (χ2v) is 23.4. The zero-order valence-corrected chi connectivity index (χ0v) is 44.1. The Hall–Kier alpha value is -5.12.